The molecule has 0 saturated carbocycles. The molecule has 2 aromatic carbocycles. The number of amides is 2. The minimum absolute atomic E-state index is 0.0652. The molecule has 0 N–H and O–H groups in total. The molecule has 0 spiro atoms. The van der Waals surface area contributed by atoms with Gasteiger partial charge < -0.3 is 90.8 Å². The van der Waals surface area contributed by atoms with Crippen LogP contribution in [0.2, 0.25) is 0 Å². The van der Waals surface area contributed by atoms with Crippen molar-refractivity contribution >= 4 is 12.0 Å². The second-order valence-corrected chi connectivity index (χ2v) is 34.6. The number of carbonyl (C=O) groups excluding carboxylic acids is 2. The quantitative estimate of drug-likeness (QED) is 0.0905. The highest BCUT2D eigenvalue weighted by atomic mass is 16.6. The number of allylic oxidation sites excluding steroid dienone is 1. The van der Waals surface area contributed by atoms with Crippen LogP contribution in [-0.4, -0.2) is 257 Å². The van der Waals surface area contributed by atoms with E-state index < -0.39 is 0 Å². The van der Waals surface area contributed by atoms with Gasteiger partial charge in [-0.1, -0.05) is 197 Å². The Morgan fingerprint density at radius 1 is 0.454 bits per heavy atom. The lowest BCUT2D eigenvalue weighted by Gasteiger charge is -2.34. The minimum Gasteiger partial charge on any atom is -0.486 e. The Labute approximate surface area is 726 Å². The maximum atomic E-state index is 11.9. The first-order valence-corrected chi connectivity index (χ1v) is 47.4. The number of rotatable bonds is 24. The molecule has 21 heteroatoms. The number of piperidine rings is 2. The first kappa shape index (κ1) is 108. The fraction of sp³-hybridized carbons (Fsp3) is 0.816. The normalized spacial score (nSPS) is 23.4. The molecule has 12 rings (SSSR count). The zero-order valence-electron chi connectivity index (χ0n) is 78.8. The van der Waals surface area contributed by atoms with Crippen LogP contribution in [0.1, 0.15) is 277 Å². The molecule has 690 valence electrons. The molecule has 10 heterocycles. The third-order valence-electron chi connectivity index (χ3n) is 22.6. The lowest BCUT2D eigenvalue weighted by molar-refractivity contribution is -0.175. The second kappa shape index (κ2) is 68.6. The molecule has 0 aromatic heterocycles. The topological polar surface area (TPSA) is 180 Å². The zero-order valence-corrected chi connectivity index (χ0v) is 78.8. The Kier molecular flexibility index (Phi) is 62.4. The number of methoxy groups -OCH3 is 1. The van der Waals surface area contributed by atoms with Gasteiger partial charge in [-0.05, 0) is 166 Å². The van der Waals surface area contributed by atoms with Gasteiger partial charge in [-0.15, -0.1) is 0 Å². The molecule has 9 saturated heterocycles. The fourth-order valence-corrected chi connectivity index (χ4v) is 15.3. The third-order valence-corrected chi connectivity index (χ3v) is 22.6. The van der Waals surface area contributed by atoms with E-state index in [9.17, 15) is 9.59 Å². The number of nitrogens with zero attached hydrogens (tertiary/aromatic N) is 5. The standard InChI is InChI=1S/C14H19NO2.C12H23NO.C11H14O2.C10H19NO2.C10H19NO.C9H18O2.C9H18O.C8H17NO.C8H16O2.C7H14O2/c1-2-12-8-10-15(11-9-12)14(16)17-13-6-4-3-5-7-13;1-4-11-5-7-13(8-6-11)12(14)9-10(2)3;1-2-5-9-8-12-10-6-3-4-7-11(10)13-9;1-4-5-10-8-11(6-7-13-10)9(2)12-3;1-4-5-10-8-11(9(2)3)6-7-12-10;1-4-5-8-6-11-9(2,3)7-10-8;1-2-6-9-7-4-3-5-8-10-9;1-3-4-8-7-9(2)5-6-10-8;1-2-3-8-6-9-4-5-10-7-8;1-2-3-7-6-8-4-5-9-7/h3-7,12H,2,8-11H2,1H3;10-11H,4-9H2,1-3H3;3-4,6-7,9H,2,5,8H2,1H3;10H,2,4-8H2,1,3H3;10H,2,4-8H2,1,3H3;8H,4-7H2,1-3H3;9H,2-8H2,1H3;8H,3-7H2,1-2H3;8H,2-7H2,1H3;7H,2-6H2,1H3. The smallest absolute Gasteiger partial charge is 0.415 e. The summed E-state index contributed by atoms with van der Waals surface area (Å²) < 4.78 is 76.6. The monoisotopic (exact) mass is 1680 g/mol. The second-order valence-electron chi connectivity index (χ2n) is 34.6. The van der Waals surface area contributed by atoms with Crippen molar-refractivity contribution < 1.29 is 75.9 Å². The van der Waals surface area contributed by atoms with Crippen molar-refractivity contribution in [3.8, 4) is 17.2 Å². The van der Waals surface area contributed by atoms with Gasteiger partial charge in [0.05, 0.1) is 129 Å². The molecule has 2 aromatic rings. The van der Waals surface area contributed by atoms with Crippen molar-refractivity contribution in [1.29, 1.82) is 0 Å². The third kappa shape index (κ3) is 51.3. The van der Waals surface area contributed by atoms with Crippen LogP contribution in [0.4, 0.5) is 4.79 Å². The summed E-state index contributed by atoms with van der Waals surface area (Å²) in [5, 5.41) is 0. The number of likely N-dealkylation sites (tertiary alicyclic amines) is 2. The lowest BCUT2D eigenvalue weighted by atomic mass is 9.94. The van der Waals surface area contributed by atoms with E-state index in [1.54, 1.807) is 24.1 Å². The molecule has 0 aliphatic carbocycles. The van der Waals surface area contributed by atoms with Crippen LogP contribution < -0.4 is 14.2 Å². The summed E-state index contributed by atoms with van der Waals surface area (Å²) in [6.07, 6.45) is 34.7. The maximum absolute atomic E-state index is 11.9. The minimum atomic E-state index is -0.217. The van der Waals surface area contributed by atoms with Gasteiger partial charge in [0.1, 0.15) is 18.5 Å². The number of benzene rings is 2. The molecular weight excluding hydrogens is 1500 g/mol. The van der Waals surface area contributed by atoms with Crippen LogP contribution in [0.15, 0.2) is 79.3 Å². The molecule has 0 bridgehead atoms. The van der Waals surface area contributed by atoms with Crippen molar-refractivity contribution in [1.82, 2.24) is 24.5 Å². The van der Waals surface area contributed by atoms with E-state index in [0.29, 0.717) is 66.7 Å². The van der Waals surface area contributed by atoms with Gasteiger partial charge in [-0.2, -0.15) is 0 Å². The van der Waals surface area contributed by atoms with Crippen LogP contribution in [0, 0.1) is 23.7 Å². The molecule has 119 heavy (non-hydrogen) atoms. The highest BCUT2D eigenvalue weighted by molar-refractivity contribution is 5.76. The molecule has 0 radical (unpaired) electrons. The molecule has 2 amide bonds. The fourth-order valence-electron chi connectivity index (χ4n) is 15.3. The Morgan fingerprint density at radius 2 is 0.924 bits per heavy atom. The molecule has 7 atom stereocenters. The van der Waals surface area contributed by atoms with Gasteiger partial charge in [-0.25, -0.2) is 4.79 Å². The maximum Gasteiger partial charge on any atom is 0.415 e. The average molecular weight is 1680 g/mol. The lowest BCUT2D eigenvalue weighted by Crippen LogP contribution is -2.42. The van der Waals surface area contributed by atoms with Gasteiger partial charge in [-0.3, -0.25) is 4.79 Å². The number of para-hydroxylation sites is 3. The molecular formula is C98H177N5O16. The summed E-state index contributed by atoms with van der Waals surface area (Å²) in [5.74, 6) is 6.25. The van der Waals surface area contributed by atoms with E-state index in [1.165, 1.54) is 121 Å². The summed E-state index contributed by atoms with van der Waals surface area (Å²) in [6, 6.07) is 17.1. The number of ether oxygens (including phenoxy) is 14. The Balaban J connectivity index is 0.000000344. The predicted molar refractivity (Wildman–Crippen MR) is 486 cm³/mol. The van der Waals surface area contributed by atoms with Crippen LogP contribution in [-0.2, 0) is 56.9 Å². The molecule has 9 fully saturated rings. The SMILES string of the molecule is C=C(C)N1CCOC(CCC)C1.C=C(OC)N1CCOC(CCC)C1.CCC1CCN(C(=O)CC(C)C)CC1.CCC1CCN(C(=O)Oc2ccccc2)CC1.CCCC1CCCCCO1.CCCC1CN(C)CCO1.CCCC1COC(C)(C)CO1.CCCC1COCCO1.CCCC1COCCOC1.CCCC1COc2ccccc2O1. The molecule has 7 unspecified atom stereocenters. The zero-order chi connectivity index (χ0) is 87.1. The van der Waals surface area contributed by atoms with Crippen molar-refractivity contribution in [3.63, 3.8) is 0 Å². The Morgan fingerprint density at radius 3 is 1.44 bits per heavy atom. The van der Waals surface area contributed by atoms with Gasteiger partial charge in [0.25, 0.3) is 0 Å². The number of fused-ring (bicyclic) bond motifs is 1. The highest BCUT2D eigenvalue weighted by Crippen LogP contribution is 2.32. The number of carbonyl (C=O) groups is 2. The largest absolute Gasteiger partial charge is 0.486 e. The summed E-state index contributed by atoms with van der Waals surface area (Å²) >= 11 is 0. The van der Waals surface area contributed by atoms with Gasteiger partial charge in [0.2, 0.25) is 5.91 Å². The van der Waals surface area contributed by atoms with Crippen LogP contribution in [0.25, 0.3) is 0 Å². The summed E-state index contributed by atoms with van der Waals surface area (Å²) in [6.45, 7) is 61.3. The number of hydrogen-bond donors (Lipinski definition) is 0. The van der Waals surface area contributed by atoms with E-state index in [1.807, 2.05) is 47.4 Å². The predicted octanol–water partition coefficient (Wildman–Crippen LogP) is 20.7. The van der Waals surface area contributed by atoms with Gasteiger partial charge >= 0.3 is 6.09 Å². The van der Waals surface area contributed by atoms with Crippen molar-refractivity contribution in [2.75, 3.05) is 172 Å². The van der Waals surface area contributed by atoms with E-state index in [0.717, 1.165) is 238 Å². The highest BCUT2D eigenvalue weighted by Gasteiger charge is 2.29. The van der Waals surface area contributed by atoms with E-state index in [2.05, 4.69) is 139 Å². The van der Waals surface area contributed by atoms with E-state index in [4.69, 9.17) is 66.3 Å². The van der Waals surface area contributed by atoms with Crippen LogP contribution in [0.5, 0.6) is 17.2 Å². The van der Waals surface area contributed by atoms with Crippen LogP contribution >= 0.6 is 0 Å². The van der Waals surface area contributed by atoms with Crippen molar-refractivity contribution in [3.05, 3.63) is 79.3 Å². The number of likely N-dealkylation sites (N-methyl/N-ethyl adjacent to an activating group) is 1. The molecule has 21 nitrogen and oxygen atoms in total. The first-order valence-electron chi connectivity index (χ1n) is 47.4. The summed E-state index contributed by atoms with van der Waals surface area (Å²) in [4.78, 5) is 34.2. The summed E-state index contributed by atoms with van der Waals surface area (Å²) in [5.41, 5.74) is 1.10. The number of morpholine rings is 3. The Hall–Kier alpha value is -4.78. The van der Waals surface area contributed by atoms with Crippen molar-refractivity contribution in [2.24, 2.45) is 23.7 Å². The van der Waals surface area contributed by atoms with Crippen molar-refractivity contribution in [2.45, 2.75) is 326 Å². The molecule has 10 aliphatic heterocycles. The summed E-state index contributed by atoms with van der Waals surface area (Å²) in [7, 11) is 3.82. The van der Waals surface area contributed by atoms with Crippen LogP contribution in [0.3, 0.4) is 0 Å². The molecule has 10 aliphatic rings. The number of hydrogen-bond acceptors (Lipinski definition) is 19. The average Bonchev–Trinajstić information content (AvgIpc) is 0.958. The van der Waals surface area contributed by atoms with Gasteiger partial charge in [0.15, 0.2) is 17.4 Å². The van der Waals surface area contributed by atoms with E-state index in [-0.39, 0.29) is 17.8 Å². The Bertz CT molecular complexity index is 2710. The van der Waals surface area contributed by atoms with Gasteiger partial charge in [0, 0.05) is 90.1 Å². The van der Waals surface area contributed by atoms with E-state index >= 15 is 0 Å². The first-order chi connectivity index (χ1) is 57.6.